The molecule has 0 bridgehead atoms. The molecular weight excluding hydrogens is 1080 g/mol. The van der Waals surface area contributed by atoms with Crippen LogP contribution in [0.5, 0.6) is 0 Å². The lowest BCUT2D eigenvalue weighted by Gasteiger charge is -2.18. The van der Waals surface area contributed by atoms with Crippen molar-refractivity contribution in [2.75, 3.05) is 0 Å². The van der Waals surface area contributed by atoms with Gasteiger partial charge < -0.3 is 18.0 Å². The maximum Gasteiger partial charge on any atom is 0.187 e. The van der Waals surface area contributed by atoms with Gasteiger partial charge in [-0.2, -0.15) is 10.5 Å². The predicted molar refractivity (Wildman–Crippen MR) is 351 cm³/mol. The monoisotopic (exact) mass is 1120 g/mol. The van der Waals surface area contributed by atoms with E-state index in [2.05, 4.69) is 154 Å². The Morgan fingerprint density at radius 3 is 1.26 bits per heavy atom. The molecule has 0 atom stereocenters. The first-order chi connectivity index (χ1) is 43.5. The molecule has 10 heteroatoms. The van der Waals surface area contributed by atoms with E-state index in [0.29, 0.717) is 34.3 Å². The van der Waals surface area contributed by atoms with Crippen molar-refractivity contribution in [3.8, 4) is 91.1 Å². The molecule has 0 aliphatic rings. The third kappa shape index (κ3) is 7.83. The Hall–Kier alpha value is -12.7. The van der Waals surface area contributed by atoms with Gasteiger partial charge >= 0.3 is 0 Å². The third-order valence-electron chi connectivity index (χ3n) is 17.1. The van der Waals surface area contributed by atoms with Crippen LogP contribution in [-0.2, 0) is 0 Å². The van der Waals surface area contributed by atoms with Gasteiger partial charge in [0.15, 0.2) is 23.2 Å². The first kappa shape index (κ1) is 49.9. The standard InChI is InChI=1S/C78H42N8O2/c1-81-55-15-11-13-51(41-55)50-12-10-14-54(40-50)76-82-77(62-34-32-52(48-28-24-46(44-79)25-29-48)42-68(62)85-64-20-6-2-18-60(64)72-66(85)38-36-58-56-16-4-8-22-70(56)87-74(58)72)84-78(83-76)63-35-33-53(49-30-26-47(45-80)27-31-49)43-69(63)86-65-21-7-3-19-61(65)73-67(86)39-37-59-57-17-5-9-23-71(57)88-75(59)73/h2-43H. The second kappa shape index (κ2) is 19.7. The smallest absolute Gasteiger partial charge is 0.187 e. The Balaban J connectivity index is 0.969. The first-order valence-corrected chi connectivity index (χ1v) is 28.8. The molecule has 17 aromatic rings. The molecule has 0 fully saturated rings. The maximum atomic E-state index is 9.86. The van der Waals surface area contributed by atoms with Crippen LogP contribution < -0.4 is 0 Å². The number of hydrogen-bond acceptors (Lipinski definition) is 7. The Kier molecular flexibility index (Phi) is 11.2. The summed E-state index contributed by atoms with van der Waals surface area (Å²) >= 11 is 0. The first-order valence-electron chi connectivity index (χ1n) is 28.8. The highest BCUT2D eigenvalue weighted by Gasteiger charge is 2.26. The molecule has 0 unspecified atom stereocenters. The predicted octanol–water partition coefficient (Wildman–Crippen LogP) is 20.2. The molecule has 0 saturated heterocycles. The average Bonchev–Trinajstić information content (AvgIpc) is 1.69. The topological polar surface area (TPSA) is 127 Å². The van der Waals surface area contributed by atoms with Crippen molar-refractivity contribution in [3.63, 3.8) is 0 Å². The number of rotatable bonds is 8. The molecule has 0 saturated carbocycles. The van der Waals surface area contributed by atoms with E-state index in [1.807, 2.05) is 127 Å². The minimum absolute atomic E-state index is 0.422. The summed E-state index contributed by atoms with van der Waals surface area (Å²) in [6, 6.07) is 90.3. The lowest BCUT2D eigenvalue weighted by Crippen LogP contribution is -2.06. The number of nitrogens with zero attached hydrogens (tertiary/aromatic N) is 8. The van der Waals surface area contributed by atoms with Crippen LogP contribution in [-0.4, -0.2) is 24.1 Å². The summed E-state index contributed by atoms with van der Waals surface area (Å²) in [5, 5.41) is 27.9. The summed E-state index contributed by atoms with van der Waals surface area (Å²) in [7, 11) is 0. The van der Waals surface area contributed by atoms with E-state index >= 15 is 0 Å². The van der Waals surface area contributed by atoms with Gasteiger partial charge in [-0.15, -0.1) is 0 Å². The van der Waals surface area contributed by atoms with Crippen molar-refractivity contribution < 1.29 is 8.83 Å². The highest BCUT2D eigenvalue weighted by atomic mass is 16.3. The van der Waals surface area contributed by atoms with Crippen molar-refractivity contribution >= 4 is 93.2 Å². The number of para-hydroxylation sites is 4. The highest BCUT2D eigenvalue weighted by molar-refractivity contribution is 6.25. The number of hydrogen-bond donors (Lipinski definition) is 0. The van der Waals surface area contributed by atoms with E-state index in [4.69, 9.17) is 30.4 Å². The number of nitriles is 2. The van der Waals surface area contributed by atoms with Crippen molar-refractivity contribution in [1.29, 1.82) is 10.5 Å². The zero-order chi connectivity index (χ0) is 58.6. The van der Waals surface area contributed by atoms with E-state index < -0.39 is 0 Å². The van der Waals surface area contributed by atoms with Crippen molar-refractivity contribution in [2.45, 2.75) is 0 Å². The molecule has 17 rings (SSSR count). The molecule has 12 aromatic carbocycles. The molecule has 5 aromatic heterocycles. The van der Waals surface area contributed by atoms with Crippen LogP contribution in [0.25, 0.3) is 171 Å². The number of fused-ring (bicyclic) bond motifs is 14. The normalized spacial score (nSPS) is 11.6. The summed E-state index contributed by atoms with van der Waals surface area (Å²) < 4.78 is 18.2. The lowest BCUT2D eigenvalue weighted by atomic mass is 9.99. The average molecular weight is 1120 g/mol. The van der Waals surface area contributed by atoms with Crippen molar-refractivity contribution in [2.24, 2.45) is 0 Å². The molecule has 0 aliphatic heterocycles. The molecule has 0 amide bonds. The number of furan rings is 2. The summed E-state index contributed by atoms with van der Waals surface area (Å²) in [5.74, 6) is 1.28. The minimum Gasteiger partial charge on any atom is -0.455 e. The molecule has 10 nitrogen and oxygen atoms in total. The van der Waals surface area contributed by atoms with Crippen LogP contribution >= 0.6 is 0 Å². The second-order valence-corrected chi connectivity index (χ2v) is 22.0. The van der Waals surface area contributed by atoms with Crippen molar-refractivity contribution in [3.05, 3.63) is 277 Å². The second-order valence-electron chi connectivity index (χ2n) is 22.0. The van der Waals surface area contributed by atoms with Gasteiger partial charge in [-0.05, 0) is 143 Å². The lowest BCUT2D eigenvalue weighted by molar-refractivity contribution is 0.672. The molecular formula is C78H42N8O2. The van der Waals surface area contributed by atoms with E-state index in [9.17, 15) is 10.5 Å². The van der Waals surface area contributed by atoms with Crippen LogP contribution in [0.4, 0.5) is 5.69 Å². The number of benzene rings is 12. The van der Waals surface area contributed by atoms with E-state index in [1.54, 1.807) is 0 Å². The zero-order valence-electron chi connectivity index (χ0n) is 46.6. The quantitative estimate of drug-likeness (QED) is 0.139. The fourth-order valence-corrected chi connectivity index (χ4v) is 13.0. The Morgan fingerprint density at radius 2 is 0.761 bits per heavy atom. The molecule has 0 spiro atoms. The van der Waals surface area contributed by atoms with Crippen LogP contribution in [0.1, 0.15) is 11.1 Å². The van der Waals surface area contributed by atoms with Crippen LogP contribution in [0.2, 0.25) is 0 Å². The summed E-state index contributed by atoms with van der Waals surface area (Å²) in [4.78, 5) is 20.5. The van der Waals surface area contributed by atoms with Crippen LogP contribution in [0, 0.1) is 29.2 Å². The fraction of sp³-hybridized carbons (Fsp3) is 0. The van der Waals surface area contributed by atoms with Gasteiger partial charge in [-0.3, -0.25) is 0 Å². The van der Waals surface area contributed by atoms with E-state index in [0.717, 1.165) is 149 Å². The molecule has 0 N–H and O–H groups in total. The van der Waals surface area contributed by atoms with Gasteiger partial charge in [0.1, 0.15) is 22.3 Å². The number of aromatic nitrogens is 5. The largest absolute Gasteiger partial charge is 0.455 e. The molecule has 88 heavy (non-hydrogen) atoms. The van der Waals surface area contributed by atoms with E-state index in [-0.39, 0.29) is 0 Å². The van der Waals surface area contributed by atoms with Gasteiger partial charge in [0.25, 0.3) is 0 Å². The summed E-state index contributed by atoms with van der Waals surface area (Å²) in [6.07, 6.45) is 0. The summed E-state index contributed by atoms with van der Waals surface area (Å²) in [6.45, 7) is 7.84. The minimum atomic E-state index is 0.422. The Morgan fingerprint density at radius 1 is 0.341 bits per heavy atom. The third-order valence-corrected chi connectivity index (χ3v) is 17.1. The van der Waals surface area contributed by atoms with Crippen LogP contribution in [0.3, 0.4) is 0 Å². The highest BCUT2D eigenvalue weighted by Crippen LogP contribution is 2.46. The van der Waals surface area contributed by atoms with Gasteiger partial charge in [-0.1, -0.05) is 146 Å². The van der Waals surface area contributed by atoms with E-state index in [1.165, 1.54) is 0 Å². The fourth-order valence-electron chi connectivity index (χ4n) is 13.0. The van der Waals surface area contributed by atoms with Crippen molar-refractivity contribution in [1.82, 2.24) is 24.1 Å². The van der Waals surface area contributed by atoms with Gasteiger partial charge in [0.2, 0.25) is 0 Å². The molecule has 0 radical (unpaired) electrons. The Labute approximate surface area is 502 Å². The molecule has 0 aliphatic carbocycles. The molecule has 5 heterocycles. The van der Waals surface area contributed by atoms with Crippen LogP contribution in [0.15, 0.2) is 264 Å². The molecule has 406 valence electrons. The summed E-state index contributed by atoms with van der Waals surface area (Å²) in [5.41, 5.74) is 18.0. The maximum absolute atomic E-state index is 9.86. The van der Waals surface area contributed by atoms with Gasteiger partial charge in [-0.25, -0.2) is 19.8 Å². The Bertz CT molecular complexity index is 5610. The van der Waals surface area contributed by atoms with Gasteiger partial charge in [0, 0.05) is 49.0 Å². The van der Waals surface area contributed by atoms with Gasteiger partial charge in [0.05, 0.1) is 74.1 Å². The SMILES string of the molecule is [C-]#[N+]c1cccc(-c2cccc(-c3nc(-c4ccc(-c5ccc(C#N)cc5)cc4-n4c5ccccc5c5c6oc7ccccc7c6ccc54)nc(-c4ccc(-c5ccc(C#N)cc5)cc4-n4c5ccccc5c5c6oc7ccccc7c6ccc54)n3)c2)c1. The zero-order valence-corrected chi connectivity index (χ0v) is 46.6.